The smallest absolute Gasteiger partial charge is 0.0331 e. The Kier molecular flexibility index (Phi) is 1.96. The maximum atomic E-state index is 6.05. The number of nitrogens with two attached hydrogens (primary N) is 1. The normalized spacial score (nSPS) is 21.2. The molecule has 2 rings (SSSR count). The van der Waals surface area contributed by atoms with E-state index in [-0.39, 0.29) is 0 Å². The quantitative estimate of drug-likeness (QED) is 0.719. The summed E-state index contributed by atoms with van der Waals surface area (Å²) < 4.78 is 0. The molecule has 1 saturated carbocycles. The zero-order valence-corrected chi connectivity index (χ0v) is 7.31. The van der Waals surface area contributed by atoms with Gasteiger partial charge in [-0.1, -0.05) is 6.42 Å². The van der Waals surface area contributed by atoms with E-state index in [4.69, 9.17) is 5.73 Å². The van der Waals surface area contributed by atoms with Gasteiger partial charge < -0.3 is 5.73 Å². The molecule has 1 heterocycles. The molecule has 1 nitrogen and oxygen atoms in total. The lowest BCUT2D eigenvalue weighted by Crippen LogP contribution is -2.26. The highest BCUT2D eigenvalue weighted by Crippen LogP contribution is 2.36. The van der Waals surface area contributed by atoms with Crippen molar-refractivity contribution in [2.45, 2.75) is 25.3 Å². The minimum Gasteiger partial charge on any atom is -0.324 e. The SMILES string of the molecule is N[C@@H](c1ccsc1)C1CCC1. The van der Waals surface area contributed by atoms with E-state index >= 15 is 0 Å². The molecule has 1 aromatic rings. The van der Waals surface area contributed by atoms with Crippen molar-refractivity contribution in [3.8, 4) is 0 Å². The highest BCUT2D eigenvalue weighted by Gasteiger charge is 2.25. The molecule has 1 atom stereocenters. The average Bonchev–Trinajstić information content (AvgIpc) is 2.32. The van der Waals surface area contributed by atoms with Crippen LogP contribution in [0.5, 0.6) is 0 Å². The number of hydrogen-bond donors (Lipinski definition) is 1. The molecule has 1 aliphatic rings. The third-order valence-corrected chi connectivity index (χ3v) is 3.29. The molecule has 0 aromatic carbocycles. The van der Waals surface area contributed by atoms with E-state index in [1.165, 1.54) is 24.8 Å². The van der Waals surface area contributed by atoms with Gasteiger partial charge in [0.1, 0.15) is 0 Å². The Bertz CT molecular complexity index is 213. The third kappa shape index (κ3) is 1.33. The lowest BCUT2D eigenvalue weighted by molar-refractivity contribution is 0.265. The van der Waals surface area contributed by atoms with Crippen LogP contribution in [0.4, 0.5) is 0 Å². The lowest BCUT2D eigenvalue weighted by atomic mass is 9.78. The van der Waals surface area contributed by atoms with E-state index in [1.54, 1.807) is 11.3 Å². The van der Waals surface area contributed by atoms with Crippen LogP contribution in [0.1, 0.15) is 30.9 Å². The molecule has 60 valence electrons. The van der Waals surface area contributed by atoms with Crippen molar-refractivity contribution >= 4 is 11.3 Å². The fourth-order valence-electron chi connectivity index (χ4n) is 1.54. The molecule has 0 spiro atoms. The van der Waals surface area contributed by atoms with Crippen LogP contribution in [0.3, 0.4) is 0 Å². The first-order valence-electron chi connectivity index (χ1n) is 4.15. The molecule has 2 heteroatoms. The lowest BCUT2D eigenvalue weighted by Gasteiger charge is -2.30. The van der Waals surface area contributed by atoms with Crippen LogP contribution >= 0.6 is 11.3 Å². The summed E-state index contributed by atoms with van der Waals surface area (Å²) in [6.45, 7) is 0. The highest BCUT2D eigenvalue weighted by atomic mass is 32.1. The summed E-state index contributed by atoms with van der Waals surface area (Å²) in [7, 11) is 0. The van der Waals surface area contributed by atoms with Crippen molar-refractivity contribution in [2.75, 3.05) is 0 Å². The molecule has 0 saturated heterocycles. The van der Waals surface area contributed by atoms with Crippen molar-refractivity contribution in [3.63, 3.8) is 0 Å². The van der Waals surface area contributed by atoms with Gasteiger partial charge in [0, 0.05) is 6.04 Å². The second-order valence-corrected chi connectivity index (χ2v) is 4.05. The van der Waals surface area contributed by atoms with Crippen LogP contribution in [0.15, 0.2) is 16.8 Å². The van der Waals surface area contributed by atoms with Crippen LogP contribution in [0, 0.1) is 5.92 Å². The Labute approximate surface area is 71.2 Å². The van der Waals surface area contributed by atoms with Crippen molar-refractivity contribution in [2.24, 2.45) is 11.7 Å². The average molecular weight is 167 g/mol. The largest absolute Gasteiger partial charge is 0.324 e. The first kappa shape index (κ1) is 7.32. The van der Waals surface area contributed by atoms with Gasteiger partial charge in [-0.3, -0.25) is 0 Å². The first-order valence-corrected chi connectivity index (χ1v) is 5.10. The predicted molar refractivity (Wildman–Crippen MR) is 48.6 cm³/mol. The summed E-state index contributed by atoms with van der Waals surface area (Å²) in [6.07, 6.45) is 4.04. The first-order chi connectivity index (χ1) is 5.38. The Morgan fingerprint density at radius 2 is 2.36 bits per heavy atom. The number of hydrogen-bond acceptors (Lipinski definition) is 2. The molecule has 0 unspecified atom stereocenters. The monoisotopic (exact) mass is 167 g/mol. The van der Waals surface area contributed by atoms with E-state index < -0.39 is 0 Å². The minimum atomic E-state index is 0.315. The minimum absolute atomic E-state index is 0.315. The van der Waals surface area contributed by atoms with Crippen LogP contribution < -0.4 is 5.73 Å². The Morgan fingerprint density at radius 1 is 1.55 bits per heavy atom. The van der Waals surface area contributed by atoms with E-state index in [1.807, 2.05) is 0 Å². The van der Waals surface area contributed by atoms with E-state index in [9.17, 15) is 0 Å². The van der Waals surface area contributed by atoms with E-state index in [2.05, 4.69) is 16.8 Å². The summed E-state index contributed by atoms with van der Waals surface area (Å²) in [4.78, 5) is 0. The summed E-state index contributed by atoms with van der Waals surface area (Å²) in [5.41, 5.74) is 7.38. The Morgan fingerprint density at radius 3 is 2.82 bits per heavy atom. The molecule has 0 radical (unpaired) electrons. The Balaban J connectivity index is 2.04. The van der Waals surface area contributed by atoms with Gasteiger partial charge in [0.05, 0.1) is 0 Å². The molecule has 2 N–H and O–H groups in total. The van der Waals surface area contributed by atoms with Gasteiger partial charge in [0.15, 0.2) is 0 Å². The van der Waals surface area contributed by atoms with Crippen molar-refractivity contribution < 1.29 is 0 Å². The second kappa shape index (κ2) is 2.95. The maximum absolute atomic E-state index is 6.05. The van der Waals surface area contributed by atoms with Crippen LogP contribution in [0.25, 0.3) is 0 Å². The van der Waals surface area contributed by atoms with Gasteiger partial charge in [-0.15, -0.1) is 0 Å². The van der Waals surface area contributed by atoms with Crippen LogP contribution in [0.2, 0.25) is 0 Å². The van der Waals surface area contributed by atoms with Crippen LogP contribution in [-0.4, -0.2) is 0 Å². The molecule has 1 aromatic heterocycles. The molecule has 0 aliphatic heterocycles. The predicted octanol–water partition coefficient (Wildman–Crippen LogP) is 2.55. The van der Waals surface area contributed by atoms with Gasteiger partial charge in [-0.2, -0.15) is 11.3 Å². The zero-order valence-electron chi connectivity index (χ0n) is 6.49. The van der Waals surface area contributed by atoms with Gasteiger partial charge in [-0.25, -0.2) is 0 Å². The molecule has 1 aliphatic carbocycles. The van der Waals surface area contributed by atoms with Crippen LogP contribution in [-0.2, 0) is 0 Å². The van der Waals surface area contributed by atoms with Crippen molar-refractivity contribution in [3.05, 3.63) is 22.4 Å². The van der Waals surface area contributed by atoms with Crippen molar-refractivity contribution in [1.82, 2.24) is 0 Å². The molecular formula is C9H13NS. The summed E-state index contributed by atoms with van der Waals surface area (Å²) in [5, 5.41) is 4.27. The second-order valence-electron chi connectivity index (χ2n) is 3.27. The summed E-state index contributed by atoms with van der Waals surface area (Å²) >= 11 is 1.74. The van der Waals surface area contributed by atoms with Gasteiger partial charge >= 0.3 is 0 Å². The molecule has 0 bridgehead atoms. The fraction of sp³-hybridized carbons (Fsp3) is 0.556. The van der Waals surface area contributed by atoms with Gasteiger partial charge in [0.25, 0.3) is 0 Å². The topological polar surface area (TPSA) is 26.0 Å². The molecule has 0 amide bonds. The maximum Gasteiger partial charge on any atom is 0.0331 e. The molecular weight excluding hydrogens is 154 g/mol. The number of thiophene rings is 1. The Hall–Kier alpha value is -0.340. The van der Waals surface area contributed by atoms with Gasteiger partial charge in [0.2, 0.25) is 0 Å². The molecule has 11 heavy (non-hydrogen) atoms. The number of rotatable bonds is 2. The summed E-state index contributed by atoms with van der Waals surface area (Å²) in [5.74, 6) is 0.768. The fourth-order valence-corrected chi connectivity index (χ4v) is 2.24. The van der Waals surface area contributed by atoms with Gasteiger partial charge in [-0.05, 0) is 41.1 Å². The van der Waals surface area contributed by atoms with E-state index in [0.29, 0.717) is 6.04 Å². The summed E-state index contributed by atoms with van der Waals surface area (Å²) in [6, 6.07) is 2.46. The standard InChI is InChI=1S/C9H13NS/c10-9(7-2-1-3-7)8-4-5-11-6-8/h4-7,9H,1-3,10H2/t9-/m1/s1. The van der Waals surface area contributed by atoms with Crippen molar-refractivity contribution in [1.29, 1.82) is 0 Å². The highest BCUT2D eigenvalue weighted by molar-refractivity contribution is 7.07. The third-order valence-electron chi connectivity index (χ3n) is 2.59. The van der Waals surface area contributed by atoms with E-state index in [0.717, 1.165) is 5.92 Å². The zero-order chi connectivity index (χ0) is 7.68. The molecule has 1 fully saturated rings.